The van der Waals surface area contributed by atoms with E-state index in [-0.39, 0.29) is 0 Å². The van der Waals surface area contributed by atoms with Crippen molar-refractivity contribution < 1.29 is 4.79 Å². The van der Waals surface area contributed by atoms with E-state index in [1.54, 1.807) is 0 Å². The Balaban J connectivity index is 3.71. The van der Waals surface area contributed by atoms with Crippen LogP contribution in [-0.4, -0.2) is 24.4 Å². The summed E-state index contributed by atoms with van der Waals surface area (Å²) >= 11 is 0. The van der Waals surface area contributed by atoms with Crippen LogP contribution in [0.25, 0.3) is 0 Å². The summed E-state index contributed by atoms with van der Waals surface area (Å²) in [7, 11) is 1.92. The summed E-state index contributed by atoms with van der Waals surface area (Å²) in [4.78, 5) is 13.6. The Morgan fingerprint density at radius 3 is 2.25 bits per heavy atom. The second-order valence-corrected chi connectivity index (χ2v) is 6.41. The van der Waals surface area contributed by atoms with Gasteiger partial charge in [0.15, 0.2) is 0 Å². The van der Waals surface area contributed by atoms with Crippen LogP contribution in [0.4, 0.5) is 0 Å². The number of carbonyl (C=O) groups is 1. The summed E-state index contributed by atoms with van der Waals surface area (Å²) in [5.41, 5.74) is 0.377. The molecule has 0 bridgehead atoms. The van der Waals surface area contributed by atoms with Gasteiger partial charge in [0.25, 0.3) is 0 Å². The van der Waals surface area contributed by atoms with E-state index < -0.39 is 0 Å². The second kappa shape index (κ2) is 6.93. The van der Waals surface area contributed by atoms with E-state index in [0.29, 0.717) is 23.7 Å². The molecule has 16 heavy (non-hydrogen) atoms. The highest BCUT2D eigenvalue weighted by Crippen LogP contribution is 2.20. The van der Waals surface area contributed by atoms with Gasteiger partial charge in [0.1, 0.15) is 0 Å². The van der Waals surface area contributed by atoms with E-state index in [1.807, 2.05) is 11.9 Å². The molecule has 0 aliphatic rings. The Morgan fingerprint density at radius 2 is 1.81 bits per heavy atom. The molecule has 0 N–H and O–H groups in total. The summed E-state index contributed by atoms with van der Waals surface area (Å²) in [6.45, 7) is 11.9. The van der Waals surface area contributed by atoms with Crippen LogP contribution >= 0.6 is 0 Å². The highest BCUT2D eigenvalue weighted by atomic mass is 16.2. The van der Waals surface area contributed by atoms with Crippen LogP contribution in [-0.2, 0) is 4.79 Å². The van der Waals surface area contributed by atoms with Crippen molar-refractivity contribution in [3.05, 3.63) is 0 Å². The normalized spacial score (nSPS) is 11.9. The number of rotatable bonds is 6. The first kappa shape index (κ1) is 15.5. The summed E-state index contributed by atoms with van der Waals surface area (Å²) < 4.78 is 0. The maximum absolute atomic E-state index is 11.7. The molecular formula is C14H29NO. The van der Waals surface area contributed by atoms with Crippen molar-refractivity contribution in [2.75, 3.05) is 13.6 Å². The van der Waals surface area contributed by atoms with Crippen molar-refractivity contribution in [3.63, 3.8) is 0 Å². The fourth-order valence-electron chi connectivity index (χ4n) is 1.57. The van der Waals surface area contributed by atoms with Gasteiger partial charge in [0, 0.05) is 20.0 Å². The summed E-state index contributed by atoms with van der Waals surface area (Å²) in [5.74, 6) is 0.912. The predicted molar refractivity (Wildman–Crippen MR) is 70.4 cm³/mol. The van der Waals surface area contributed by atoms with Gasteiger partial charge in [-0.05, 0) is 30.6 Å². The molecule has 0 radical (unpaired) electrons. The average molecular weight is 227 g/mol. The standard InChI is InChI=1S/C14H29NO/c1-12(2)8-9-13(16)15(6)11-7-10-14(3,4)5/h12H,7-11H2,1-6H3. The van der Waals surface area contributed by atoms with Gasteiger partial charge < -0.3 is 4.90 Å². The summed E-state index contributed by atoms with van der Waals surface area (Å²) in [5, 5.41) is 0. The first-order valence-corrected chi connectivity index (χ1v) is 6.46. The lowest BCUT2D eigenvalue weighted by Crippen LogP contribution is -2.28. The molecule has 0 atom stereocenters. The molecular weight excluding hydrogens is 198 g/mol. The van der Waals surface area contributed by atoms with Gasteiger partial charge in [-0.25, -0.2) is 0 Å². The van der Waals surface area contributed by atoms with E-state index in [4.69, 9.17) is 0 Å². The Bertz CT molecular complexity index is 203. The van der Waals surface area contributed by atoms with E-state index >= 15 is 0 Å². The van der Waals surface area contributed by atoms with Crippen molar-refractivity contribution in [1.29, 1.82) is 0 Å². The van der Waals surface area contributed by atoms with Gasteiger partial charge in [0.2, 0.25) is 5.91 Å². The molecule has 0 rings (SSSR count). The zero-order chi connectivity index (χ0) is 12.8. The molecule has 0 unspecified atom stereocenters. The minimum atomic E-state index is 0.294. The highest BCUT2D eigenvalue weighted by Gasteiger charge is 2.12. The molecule has 0 spiro atoms. The van der Waals surface area contributed by atoms with E-state index in [9.17, 15) is 4.79 Å². The van der Waals surface area contributed by atoms with Crippen molar-refractivity contribution >= 4 is 5.91 Å². The lowest BCUT2D eigenvalue weighted by molar-refractivity contribution is -0.130. The molecule has 0 aliphatic heterocycles. The molecule has 0 fully saturated rings. The topological polar surface area (TPSA) is 20.3 Å². The lowest BCUT2D eigenvalue weighted by Gasteiger charge is -2.22. The monoisotopic (exact) mass is 227 g/mol. The van der Waals surface area contributed by atoms with Crippen LogP contribution in [0.3, 0.4) is 0 Å². The van der Waals surface area contributed by atoms with Crippen molar-refractivity contribution in [2.45, 2.75) is 60.3 Å². The van der Waals surface area contributed by atoms with Gasteiger partial charge in [0.05, 0.1) is 0 Å². The van der Waals surface area contributed by atoms with Gasteiger partial charge in [-0.1, -0.05) is 34.6 Å². The second-order valence-electron chi connectivity index (χ2n) is 6.41. The van der Waals surface area contributed by atoms with Crippen LogP contribution < -0.4 is 0 Å². The molecule has 0 aromatic rings. The summed E-state index contributed by atoms with van der Waals surface area (Å²) in [6, 6.07) is 0. The van der Waals surface area contributed by atoms with Crippen LogP contribution in [0.5, 0.6) is 0 Å². The molecule has 2 nitrogen and oxygen atoms in total. The number of amides is 1. The summed E-state index contributed by atoms with van der Waals surface area (Å²) in [6.07, 6.45) is 3.98. The maximum Gasteiger partial charge on any atom is 0.222 e. The average Bonchev–Trinajstić information content (AvgIpc) is 2.11. The first-order valence-electron chi connectivity index (χ1n) is 6.46. The zero-order valence-corrected chi connectivity index (χ0v) is 12.0. The molecule has 2 heteroatoms. The fraction of sp³-hybridized carbons (Fsp3) is 0.929. The van der Waals surface area contributed by atoms with Gasteiger partial charge in [-0.3, -0.25) is 4.79 Å². The van der Waals surface area contributed by atoms with E-state index in [0.717, 1.165) is 19.4 Å². The largest absolute Gasteiger partial charge is 0.346 e. The Kier molecular flexibility index (Phi) is 6.70. The first-order chi connectivity index (χ1) is 7.22. The third-order valence-electron chi connectivity index (χ3n) is 2.78. The van der Waals surface area contributed by atoms with Crippen LogP contribution in [0.15, 0.2) is 0 Å². The Morgan fingerprint density at radius 1 is 1.25 bits per heavy atom. The molecule has 0 saturated heterocycles. The number of nitrogens with zero attached hydrogens (tertiary/aromatic N) is 1. The van der Waals surface area contributed by atoms with Crippen molar-refractivity contribution in [1.82, 2.24) is 4.90 Å². The van der Waals surface area contributed by atoms with Crippen LogP contribution in [0.2, 0.25) is 0 Å². The SMILES string of the molecule is CC(C)CCC(=O)N(C)CCCC(C)(C)C. The van der Waals surface area contributed by atoms with Crippen molar-refractivity contribution in [3.8, 4) is 0 Å². The Labute approximate surface area is 101 Å². The highest BCUT2D eigenvalue weighted by molar-refractivity contribution is 5.75. The van der Waals surface area contributed by atoms with Gasteiger partial charge in [-0.2, -0.15) is 0 Å². The smallest absolute Gasteiger partial charge is 0.222 e. The number of hydrogen-bond donors (Lipinski definition) is 0. The maximum atomic E-state index is 11.7. The lowest BCUT2D eigenvalue weighted by atomic mass is 9.90. The van der Waals surface area contributed by atoms with Crippen LogP contribution in [0, 0.1) is 11.3 Å². The third kappa shape index (κ3) is 8.75. The van der Waals surface area contributed by atoms with E-state index in [1.165, 1.54) is 6.42 Å². The van der Waals surface area contributed by atoms with Gasteiger partial charge in [-0.15, -0.1) is 0 Å². The number of hydrogen-bond acceptors (Lipinski definition) is 1. The van der Waals surface area contributed by atoms with Crippen LogP contribution in [0.1, 0.15) is 60.3 Å². The van der Waals surface area contributed by atoms with E-state index in [2.05, 4.69) is 34.6 Å². The molecule has 96 valence electrons. The minimum Gasteiger partial charge on any atom is -0.346 e. The molecule has 0 aromatic heterocycles. The predicted octanol–water partition coefficient (Wildman–Crippen LogP) is 3.71. The fourth-order valence-corrected chi connectivity index (χ4v) is 1.57. The van der Waals surface area contributed by atoms with Crippen molar-refractivity contribution in [2.24, 2.45) is 11.3 Å². The molecule has 0 saturated carbocycles. The molecule has 0 aromatic carbocycles. The molecule has 1 amide bonds. The molecule has 0 aliphatic carbocycles. The quantitative estimate of drug-likeness (QED) is 0.677. The Hall–Kier alpha value is -0.530. The zero-order valence-electron chi connectivity index (χ0n) is 12.0. The van der Waals surface area contributed by atoms with Gasteiger partial charge >= 0.3 is 0 Å². The molecule has 0 heterocycles. The third-order valence-corrected chi connectivity index (χ3v) is 2.78. The minimum absolute atomic E-state index is 0.294. The number of carbonyl (C=O) groups excluding carboxylic acids is 1.